The van der Waals surface area contributed by atoms with E-state index in [1.165, 1.54) is 0 Å². The van der Waals surface area contributed by atoms with Crippen molar-refractivity contribution in [3.63, 3.8) is 0 Å². The summed E-state index contributed by atoms with van der Waals surface area (Å²) in [5.74, 6) is 5.99. The van der Waals surface area contributed by atoms with E-state index in [0.29, 0.717) is 10.0 Å². The molecule has 1 aromatic rings. The molecule has 2 atom stereocenters. The van der Waals surface area contributed by atoms with Crippen LogP contribution in [0.25, 0.3) is 0 Å². The molecule has 1 aliphatic heterocycles. The smallest absolute Gasteiger partial charge is 0.0681 e. The number of halogens is 2. The van der Waals surface area contributed by atoms with Gasteiger partial charge in [-0.15, -0.1) is 0 Å². The maximum absolute atomic E-state index is 6.32. The second-order valence-corrected chi connectivity index (χ2v) is 7.37. The first-order valence-electron chi connectivity index (χ1n) is 6.78. The second-order valence-electron chi connectivity index (χ2n) is 6.56. The molecule has 1 saturated heterocycles. The van der Waals surface area contributed by atoms with E-state index in [1.54, 1.807) is 0 Å². The molecule has 20 heavy (non-hydrogen) atoms. The average Bonchev–Trinajstić information content (AvgIpc) is 2.52. The van der Waals surface area contributed by atoms with Crippen LogP contribution in [0.2, 0.25) is 10.0 Å². The summed E-state index contributed by atoms with van der Waals surface area (Å²) in [5.41, 5.74) is 3.25. The first kappa shape index (κ1) is 16.1. The van der Waals surface area contributed by atoms with Crippen LogP contribution in [0.4, 0.5) is 0 Å². The topological polar surface area (TPSA) is 47.3 Å². The summed E-state index contributed by atoms with van der Waals surface area (Å²) in [6.07, 6.45) is 0.885. The maximum atomic E-state index is 6.32. The summed E-state index contributed by atoms with van der Waals surface area (Å²) in [6.45, 7) is 8.36. The highest BCUT2D eigenvalue weighted by Gasteiger charge is 2.49. The average molecular weight is 317 g/mol. The highest BCUT2D eigenvalue weighted by molar-refractivity contribution is 6.36. The van der Waals surface area contributed by atoms with Crippen LogP contribution in [0.1, 0.15) is 45.7 Å². The lowest BCUT2D eigenvalue weighted by molar-refractivity contribution is -0.0778. The van der Waals surface area contributed by atoms with Crippen LogP contribution >= 0.6 is 23.2 Å². The Hall–Kier alpha value is -0.320. The van der Waals surface area contributed by atoms with E-state index < -0.39 is 0 Å². The van der Waals surface area contributed by atoms with E-state index in [2.05, 4.69) is 33.1 Å². The molecule has 2 unspecified atom stereocenters. The fraction of sp³-hybridized carbons (Fsp3) is 0.600. The lowest BCUT2D eigenvalue weighted by Crippen LogP contribution is -2.41. The minimum atomic E-state index is -0.303. The third-order valence-corrected chi connectivity index (χ3v) is 4.70. The van der Waals surface area contributed by atoms with Gasteiger partial charge in [0.1, 0.15) is 0 Å². The van der Waals surface area contributed by atoms with Gasteiger partial charge in [0.15, 0.2) is 0 Å². The number of hydrogen-bond acceptors (Lipinski definition) is 3. The Kier molecular flexibility index (Phi) is 4.39. The molecule has 0 aromatic heterocycles. The number of nitrogens with one attached hydrogen (secondary N) is 1. The maximum Gasteiger partial charge on any atom is 0.0681 e. The molecular formula is C15H22Cl2N2O. The van der Waals surface area contributed by atoms with Crippen molar-refractivity contribution < 1.29 is 4.74 Å². The van der Waals surface area contributed by atoms with Crippen molar-refractivity contribution in [2.24, 2.45) is 11.8 Å². The van der Waals surface area contributed by atoms with Gasteiger partial charge in [-0.1, -0.05) is 29.3 Å². The highest BCUT2D eigenvalue weighted by atomic mass is 35.5. The SMILES string of the molecule is CC1(C)CC(C(NN)c2c(Cl)cccc2Cl)C(C)(C)O1. The standard InChI is InChI=1S/C15H22Cl2N2O/c1-14(2)8-9(15(3,4)20-14)13(19-18)12-10(16)6-5-7-11(12)17/h5-7,9,13,19H,8,18H2,1-4H3. The van der Waals surface area contributed by atoms with Crippen LogP contribution in [0.15, 0.2) is 18.2 Å². The van der Waals surface area contributed by atoms with Crippen molar-refractivity contribution in [2.45, 2.75) is 51.4 Å². The Balaban J connectivity index is 2.43. The largest absolute Gasteiger partial charge is 0.369 e. The zero-order valence-corrected chi connectivity index (χ0v) is 13.8. The molecule has 0 saturated carbocycles. The van der Waals surface area contributed by atoms with Gasteiger partial charge in [0.2, 0.25) is 0 Å². The molecule has 5 heteroatoms. The van der Waals surface area contributed by atoms with E-state index in [1.807, 2.05) is 18.2 Å². The first-order valence-corrected chi connectivity index (χ1v) is 7.54. The van der Waals surface area contributed by atoms with Gasteiger partial charge in [0.25, 0.3) is 0 Å². The van der Waals surface area contributed by atoms with Crippen LogP contribution in [0.3, 0.4) is 0 Å². The van der Waals surface area contributed by atoms with Gasteiger partial charge in [0, 0.05) is 21.5 Å². The molecule has 3 N–H and O–H groups in total. The first-order chi connectivity index (χ1) is 9.18. The molecule has 0 aliphatic carbocycles. The Labute approximate surface area is 130 Å². The molecule has 112 valence electrons. The summed E-state index contributed by atoms with van der Waals surface area (Å²) < 4.78 is 6.15. The zero-order chi connectivity index (χ0) is 15.1. The number of hydrogen-bond donors (Lipinski definition) is 2. The molecule has 0 amide bonds. The normalized spacial score (nSPS) is 25.6. The Morgan fingerprint density at radius 2 is 1.80 bits per heavy atom. The van der Waals surface area contributed by atoms with Gasteiger partial charge in [-0.3, -0.25) is 11.3 Å². The van der Waals surface area contributed by atoms with Gasteiger partial charge in [-0.05, 0) is 46.2 Å². The van der Waals surface area contributed by atoms with Crippen molar-refractivity contribution in [1.82, 2.24) is 5.43 Å². The summed E-state index contributed by atoms with van der Waals surface area (Å²) >= 11 is 12.6. The number of hydrazine groups is 1. The second kappa shape index (κ2) is 5.47. The fourth-order valence-electron chi connectivity index (χ4n) is 3.33. The molecule has 1 heterocycles. The Bertz CT molecular complexity index is 482. The molecule has 3 nitrogen and oxygen atoms in total. The predicted molar refractivity (Wildman–Crippen MR) is 83.9 cm³/mol. The Morgan fingerprint density at radius 1 is 1.25 bits per heavy atom. The monoisotopic (exact) mass is 316 g/mol. The van der Waals surface area contributed by atoms with Gasteiger partial charge in [-0.2, -0.15) is 0 Å². The van der Waals surface area contributed by atoms with Crippen molar-refractivity contribution >= 4 is 23.2 Å². The number of rotatable bonds is 3. The lowest BCUT2D eigenvalue weighted by atomic mass is 9.79. The molecule has 0 spiro atoms. The van der Waals surface area contributed by atoms with E-state index in [4.69, 9.17) is 33.8 Å². The van der Waals surface area contributed by atoms with Crippen molar-refractivity contribution in [3.05, 3.63) is 33.8 Å². The fourth-order valence-corrected chi connectivity index (χ4v) is 3.97. The lowest BCUT2D eigenvalue weighted by Gasteiger charge is -2.33. The van der Waals surface area contributed by atoms with E-state index >= 15 is 0 Å². The number of benzene rings is 1. The van der Waals surface area contributed by atoms with E-state index in [9.17, 15) is 0 Å². The number of nitrogens with two attached hydrogens (primary N) is 1. The molecule has 0 radical (unpaired) electrons. The number of ether oxygens (including phenoxy) is 1. The quantitative estimate of drug-likeness (QED) is 0.652. The minimum Gasteiger partial charge on any atom is -0.369 e. The van der Waals surface area contributed by atoms with Crippen LogP contribution in [0, 0.1) is 5.92 Å². The van der Waals surface area contributed by atoms with Crippen LogP contribution in [0.5, 0.6) is 0 Å². The predicted octanol–water partition coefficient (Wildman–Crippen LogP) is 4.09. The van der Waals surface area contributed by atoms with E-state index in [0.717, 1.165) is 12.0 Å². The van der Waals surface area contributed by atoms with Crippen molar-refractivity contribution in [1.29, 1.82) is 0 Å². The zero-order valence-electron chi connectivity index (χ0n) is 12.3. The summed E-state index contributed by atoms with van der Waals surface area (Å²) in [5, 5.41) is 1.25. The molecular weight excluding hydrogens is 295 g/mol. The Morgan fingerprint density at radius 3 is 2.20 bits per heavy atom. The van der Waals surface area contributed by atoms with Gasteiger partial charge in [-0.25, -0.2) is 0 Å². The van der Waals surface area contributed by atoms with E-state index in [-0.39, 0.29) is 23.2 Å². The van der Waals surface area contributed by atoms with Crippen LogP contribution in [-0.4, -0.2) is 11.2 Å². The van der Waals surface area contributed by atoms with Crippen molar-refractivity contribution in [2.75, 3.05) is 0 Å². The molecule has 2 rings (SSSR count). The summed E-state index contributed by atoms with van der Waals surface area (Å²) in [6, 6.07) is 5.36. The third kappa shape index (κ3) is 2.97. The molecule has 1 aliphatic rings. The summed E-state index contributed by atoms with van der Waals surface area (Å²) in [4.78, 5) is 0. The minimum absolute atomic E-state index is 0.145. The third-order valence-electron chi connectivity index (χ3n) is 4.04. The molecule has 0 bridgehead atoms. The van der Waals surface area contributed by atoms with Crippen LogP contribution in [-0.2, 0) is 4.74 Å². The molecule has 1 fully saturated rings. The summed E-state index contributed by atoms with van der Waals surface area (Å²) in [7, 11) is 0. The van der Waals surface area contributed by atoms with Gasteiger partial charge >= 0.3 is 0 Å². The van der Waals surface area contributed by atoms with Crippen LogP contribution < -0.4 is 11.3 Å². The molecule has 1 aromatic carbocycles. The van der Waals surface area contributed by atoms with Gasteiger partial charge < -0.3 is 4.74 Å². The van der Waals surface area contributed by atoms with Crippen molar-refractivity contribution in [3.8, 4) is 0 Å². The van der Waals surface area contributed by atoms with Gasteiger partial charge in [0.05, 0.1) is 17.2 Å². The highest BCUT2D eigenvalue weighted by Crippen LogP contribution is 2.49.